The van der Waals surface area contributed by atoms with E-state index in [1.807, 2.05) is 36.4 Å². The van der Waals surface area contributed by atoms with Crippen LogP contribution in [0.1, 0.15) is 49.8 Å². The maximum Gasteiger partial charge on any atom is 0.412 e. The van der Waals surface area contributed by atoms with Gasteiger partial charge in [-0.25, -0.2) is 9.38 Å². The van der Waals surface area contributed by atoms with E-state index in [-0.39, 0.29) is 30.3 Å². The van der Waals surface area contributed by atoms with Crippen molar-refractivity contribution in [3.05, 3.63) is 114 Å². The molecule has 1 aliphatic rings. The van der Waals surface area contributed by atoms with Crippen LogP contribution >= 0.6 is 0 Å². The molecular weight excluding hydrogens is 568 g/mol. The van der Waals surface area contributed by atoms with Crippen LogP contribution in [0.3, 0.4) is 0 Å². The Labute approximate surface area is 253 Å². The zero-order valence-electron chi connectivity index (χ0n) is 24.3. The van der Waals surface area contributed by atoms with Crippen molar-refractivity contribution in [1.82, 2.24) is 5.32 Å². The van der Waals surface area contributed by atoms with Crippen LogP contribution in [0.2, 0.25) is 0 Å². The van der Waals surface area contributed by atoms with Crippen LogP contribution in [0.4, 0.5) is 34.6 Å². The van der Waals surface area contributed by atoms with Crippen LogP contribution in [-0.4, -0.2) is 24.3 Å². The lowest BCUT2D eigenvalue weighted by Crippen LogP contribution is -2.26. The quantitative estimate of drug-likeness (QED) is 0.0913. The number of hydrogen-bond donors (Lipinski definition) is 3. The van der Waals surface area contributed by atoms with Crippen molar-refractivity contribution in [2.24, 2.45) is 10.9 Å². The Morgan fingerprint density at radius 1 is 1.00 bits per heavy atom. The number of carbonyl (C=O) groups excluding carboxylic acids is 1. The Kier molecular flexibility index (Phi) is 9.44. The molecular formula is C35H34F4N4O. The molecule has 0 aromatic heterocycles. The van der Waals surface area contributed by atoms with Crippen molar-refractivity contribution in [1.29, 1.82) is 0 Å². The number of aliphatic imine (C=N–C) groups is 1. The van der Waals surface area contributed by atoms with Gasteiger partial charge >= 0.3 is 6.18 Å². The monoisotopic (exact) mass is 602 g/mol. The number of hydrogen-bond acceptors (Lipinski definition) is 4. The topological polar surface area (TPSA) is 79.5 Å². The highest BCUT2D eigenvalue weighted by Crippen LogP contribution is 2.33. The van der Waals surface area contributed by atoms with Crippen molar-refractivity contribution in [3.8, 4) is 0 Å². The molecule has 0 radical (unpaired) electrons. The highest BCUT2D eigenvalue weighted by atomic mass is 19.4. The second-order valence-electron chi connectivity index (χ2n) is 11.1. The molecule has 1 aliphatic carbocycles. The first-order valence-electron chi connectivity index (χ1n) is 14.7. The lowest BCUT2D eigenvalue weighted by Gasteiger charge is -2.21. The van der Waals surface area contributed by atoms with Crippen LogP contribution in [0.15, 0.2) is 102 Å². The van der Waals surface area contributed by atoms with Gasteiger partial charge in [0.2, 0.25) is 0 Å². The van der Waals surface area contributed by atoms with Crippen LogP contribution in [0.25, 0.3) is 10.8 Å². The third-order valence-corrected chi connectivity index (χ3v) is 7.59. The molecule has 228 valence electrons. The van der Waals surface area contributed by atoms with Crippen LogP contribution in [0, 0.1) is 11.7 Å². The van der Waals surface area contributed by atoms with Gasteiger partial charge < -0.3 is 16.4 Å². The van der Waals surface area contributed by atoms with E-state index in [2.05, 4.69) is 15.6 Å². The van der Waals surface area contributed by atoms with Crippen molar-refractivity contribution in [2.75, 3.05) is 17.6 Å². The minimum absolute atomic E-state index is 0.158. The van der Waals surface area contributed by atoms with Crippen molar-refractivity contribution >= 4 is 39.5 Å². The highest BCUT2D eigenvalue weighted by Gasteiger charge is 2.33. The van der Waals surface area contributed by atoms with Gasteiger partial charge in [-0.05, 0) is 84.6 Å². The van der Waals surface area contributed by atoms with Crippen molar-refractivity contribution < 1.29 is 22.4 Å². The summed E-state index contributed by atoms with van der Waals surface area (Å²) in [5.41, 5.74) is 6.90. The van der Waals surface area contributed by atoms with E-state index < -0.39 is 29.2 Å². The summed E-state index contributed by atoms with van der Waals surface area (Å²) in [5.74, 6) is -1.10. The summed E-state index contributed by atoms with van der Waals surface area (Å²) in [5, 5.41) is 7.49. The van der Waals surface area contributed by atoms with Crippen LogP contribution in [-0.2, 0) is 4.79 Å². The molecule has 0 bridgehead atoms. The number of carbonyl (C=O) groups is 1. The Morgan fingerprint density at radius 2 is 1.77 bits per heavy atom. The first-order valence-corrected chi connectivity index (χ1v) is 14.7. The molecule has 9 heteroatoms. The molecule has 4 aromatic carbocycles. The zero-order chi connectivity index (χ0) is 31.3. The molecule has 4 N–H and O–H groups in total. The number of nitrogens with two attached hydrogens (primary N) is 1. The predicted molar refractivity (Wildman–Crippen MR) is 169 cm³/mol. The minimum atomic E-state index is -4.67. The van der Waals surface area contributed by atoms with E-state index in [0.717, 1.165) is 36.4 Å². The molecule has 44 heavy (non-hydrogen) atoms. The van der Waals surface area contributed by atoms with Gasteiger partial charge in [0.1, 0.15) is 11.5 Å². The number of allylic oxidation sites excluding steroid dienone is 1. The normalized spacial score (nSPS) is 14.9. The second-order valence-corrected chi connectivity index (χ2v) is 11.1. The molecule has 1 amide bonds. The summed E-state index contributed by atoms with van der Waals surface area (Å²) in [6.07, 6.45) is -1.74. The molecule has 1 fully saturated rings. The smallest absolute Gasteiger partial charge is 0.398 e. The SMILES string of the molecule is CCC/C(=C\C(=Nc1ccc2cccc(N)c2c1)C(=O)Nc1cc(C(NCC2CC2)c2ccccc2)ccc1F)C(F)(F)F. The van der Waals surface area contributed by atoms with E-state index in [1.165, 1.54) is 12.1 Å². The molecule has 0 aliphatic heterocycles. The van der Waals surface area contributed by atoms with E-state index in [0.29, 0.717) is 22.6 Å². The van der Waals surface area contributed by atoms with Gasteiger partial charge in [0, 0.05) is 16.6 Å². The van der Waals surface area contributed by atoms with Crippen LogP contribution < -0.4 is 16.4 Å². The van der Waals surface area contributed by atoms with E-state index >= 15 is 4.39 Å². The second kappa shape index (κ2) is 13.4. The third kappa shape index (κ3) is 7.71. The van der Waals surface area contributed by atoms with E-state index in [4.69, 9.17) is 5.73 Å². The van der Waals surface area contributed by atoms with Gasteiger partial charge in [-0.3, -0.25) is 4.79 Å². The lowest BCUT2D eigenvalue weighted by molar-refractivity contribution is -0.110. The van der Waals surface area contributed by atoms with Crippen molar-refractivity contribution in [3.63, 3.8) is 0 Å². The molecule has 0 spiro atoms. The Balaban J connectivity index is 1.52. The fourth-order valence-corrected chi connectivity index (χ4v) is 5.06. The Morgan fingerprint density at radius 3 is 2.48 bits per heavy atom. The largest absolute Gasteiger partial charge is 0.412 e. The Hall–Kier alpha value is -4.50. The lowest BCUT2D eigenvalue weighted by atomic mass is 9.97. The van der Waals surface area contributed by atoms with Crippen LogP contribution in [0.5, 0.6) is 0 Å². The molecule has 5 nitrogen and oxygen atoms in total. The standard InChI is InChI=1S/C35H34F4N4O/c1-2-7-26(35(37,38)39)19-32(42-27-16-14-23-10-6-11-30(40)28(23)20-27)34(44)43-31-18-25(15-17-29(31)36)33(41-21-22-12-13-22)24-8-4-3-5-9-24/h3-6,8-11,14-20,22,33,41H,2,7,12-13,21,40H2,1H3,(H,43,44)/b26-19+,42-32?. The van der Waals surface area contributed by atoms with Gasteiger partial charge in [0.15, 0.2) is 0 Å². The number of nitrogen functional groups attached to an aromatic ring is 1. The van der Waals surface area contributed by atoms with Gasteiger partial charge in [0.05, 0.1) is 17.4 Å². The minimum Gasteiger partial charge on any atom is -0.398 e. The fourth-order valence-electron chi connectivity index (χ4n) is 5.06. The summed E-state index contributed by atoms with van der Waals surface area (Å²) in [6, 6.07) is 24.0. The molecule has 5 rings (SSSR count). The number of nitrogens with zero attached hydrogens (tertiary/aromatic N) is 1. The average Bonchev–Trinajstić information content (AvgIpc) is 3.83. The predicted octanol–water partition coefficient (Wildman–Crippen LogP) is 8.65. The first-order chi connectivity index (χ1) is 21.1. The summed E-state index contributed by atoms with van der Waals surface area (Å²) in [7, 11) is 0. The molecule has 1 saturated carbocycles. The third-order valence-electron chi connectivity index (χ3n) is 7.59. The van der Waals surface area contributed by atoms with Gasteiger partial charge in [-0.1, -0.05) is 67.9 Å². The van der Waals surface area contributed by atoms with Gasteiger partial charge in [-0.2, -0.15) is 13.2 Å². The van der Waals surface area contributed by atoms with E-state index in [1.54, 1.807) is 43.3 Å². The number of benzene rings is 4. The summed E-state index contributed by atoms with van der Waals surface area (Å²) >= 11 is 0. The highest BCUT2D eigenvalue weighted by molar-refractivity contribution is 6.47. The molecule has 4 aromatic rings. The Bertz CT molecular complexity index is 1690. The number of rotatable bonds is 11. The van der Waals surface area contributed by atoms with Crippen molar-refractivity contribution in [2.45, 2.75) is 44.8 Å². The number of alkyl halides is 3. The molecule has 0 heterocycles. The number of amides is 1. The number of halogens is 4. The van der Waals surface area contributed by atoms with E-state index in [9.17, 15) is 18.0 Å². The van der Waals surface area contributed by atoms with Gasteiger partial charge in [-0.15, -0.1) is 0 Å². The molecule has 1 atom stereocenters. The van der Waals surface area contributed by atoms with Gasteiger partial charge in [0.25, 0.3) is 5.91 Å². The zero-order valence-corrected chi connectivity index (χ0v) is 24.3. The number of fused-ring (bicyclic) bond motifs is 1. The first kappa shape index (κ1) is 30.9. The fraction of sp³-hybridized carbons (Fsp3) is 0.257. The average molecular weight is 603 g/mol. The summed E-state index contributed by atoms with van der Waals surface area (Å²) in [6.45, 7) is 2.40. The summed E-state index contributed by atoms with van der Waals surface area (Å²) < 4.78 is 56.9. The number of nitrogens with one attached hydrogen (secondary N) is 2. The maximum atomic E-state index is 15.1. The summed E-state index contributed by atoms with van der Waals surface area (Å²) in [4.78, 5) is 17.9. The maximum absolute atomic E-state index is 15.1. The number of anilines is 2. The molecule has 1 unspecified atom stereocenters. The molecule has 0 saturated heterocycles.